The van der Waals surface area contributed by atoms with Gasteiger partial charge in [-0.3, -0.25) is 6.08 Å². The average molecular weight is 668 g/mol. The second-order valence-electron chi connectivity index (χ2n) is 15.7. The van der Waals surface area contributed by atoms with Gasteiger partial charge in [-0.25, -0.2) is 6.08 Å². The van der Waals surface area contributed by atoms with E-state index in [0.717, 1.165) is 0 Å². The summed E-state index contributed by atoms with van der Waals surface area (Å²) >= 11 is 1.50. The summed E-state index contributed by atoms with van der Waals surface area (Å²) in [6.45, 7) is 22.5. The Hall–Kier alpha value is -3.02. The molecule has 0 aliphatic heterocycles. The van der Waals surface area contributed by atoms with E-state index < -0.39 is 0 Å². The summed E-state index contributed by atoms with van der Waals surface area (Å²) in [5.41, 5.74) is 10.6. The number of hydrogen-bond donors (Lipinski definition) is 0. The Labute approximate surface area is 287 Å². The summed E-state index contributed by atoms with van der Waals surface area (Å²) in [5.74, 6) is 0.522. The summed E-state index contributed by atoms with van der Waals surface area (Å²) in [5, 5.41) is 5.49. The summed E-state index contributed by atoms with van der Waals surface area (Å²) in [6, 6.07) is 33.5. The normalized spacial score (nSPS) is 15.7. The molecule has 5 aromatic carbocycles. The fourth-order valence-corrected chi connectivity index (χ4v) is 7.07. The molecule has 0 N–H and O–H groups in total. The van der Waals surface area contributed by atoms with Gasteiger partial charge in [-0.2, -0.15) is 11.6 Å². The van der Waals surface area contributed by atoms with Crippen LogP contribution in [0.5, 0.6) is 0 Å². The minimum atomic E-state index is 0.194. The minimum absolute atomic E-state index is 0.194. The Morgan fingerprint density at radius 2 is 1.00 bits per heavy atom. The fourth-order valence-electron chi connectivity index (χ4n) is 6.00. The van der Waals surface area contributed by atoms with Gasteiger partial charge >= 0.3 is 98.2 Å². The van der Waals surface area contributed by atoms with Gasteiger partial charge in [0.05, 0.1) is 0 Å². The second kappa shape index (κ2) is 12.6. The van der Waals surface area contributed by atoms with Crippen LogP contribution in [0.2, 0.25) is 0 Å². The zero-order chi connectivity index (χ0) is 32.7. The third kappa shape index (κ3) is 7.36. The van der Waals surface area contributed by atoms with Crippen molar-refractivity contribution in [2.75, 3.05) is 0 Å². The van der Waals surface area contributed by atoms with E-state index in [1.54, 1.807) is 0 Å². The van der Waals surface area contributed by atoms with E-state index in [9.17, 15) is 0 Å². The molecule has 7 rings (SSSR count). The Bertz CT molecular complexity index is 1800. The Balaban J connectivity index is 0.000000144. The van der Waals surface area contributed by atoms with Gasteiger partial charge in [0.1, 0.15) is 0 Å². The first-order chi connectivity index (χ1) is 21.0. The molecule has 0 radical (unpaired) electrons. The zero-order valence-corrected chi connectivity index (χ0v) is 31.4. The second-order valence-corrected chi connectivity index (χ2v) is 16.9. The molecule has 0 saturated heterocycles. The molecule has 0 amide bonds. The van der Waals surface area contributed by atoms with Crippen LogP contribution >= 0.6 is 0 Å². The quantitative estimate of drug-likeness (QED) is 0.141. The van der Waals surface area contributed by atoms with Crippen LogP contribution in [0.15, 0.2) is 109 Å². The average Bonchev–Trinajstić information content (AvgIpc) is 3.66. The molecule has 1 heteroatoms. The van der Waals surface area contributed by atoms with Gasteiger partial charge in [0, 0.05) is 0 Å². The Morgan fingerprint density at radius 1 is 0.578 bits per heavy atom. The van der Waals surface area contributed by atoms with Gasteiger partial charge in [0.2, 0.25) is 0 Å². The molecular weight excluding hydrogens is 620 g/mol. The van der Waals surface area contributed by atoms with E-state index in [1.807, 2.05) is 0 Å². The topological polar surface area (TPSA) is 0 Å². The molecule has 2 aliphatic carbocycles. The summed E-state index contributed by atoms with van der Waals surface area (Å²) < 4.78 is 1.49. The monoisotopic (exact) mass is 666 g/mol. The number of allylic oxidation sites excluding steroid dienone is 4. The molecule has 2 aliphatic rings. The number of hydrogen-bond acceptors (Lipinski definition) is 0. The fraction of sp³-hybridized carbons (Fsp3) is 0.318. The predicted molar refractivity (Wildman–Crippen MR) is 194 cm³/mol. The van der Waals surface area contributed by atoms with Gasteiger partial charge in [0.25, 0.3) is 0 Å². The van der Waals surface area contributed by atoms with E-state index in [1.165, 1.54) is 87.9 Å². The Kier molecular flexibility index (Phi) is 9.37. The van der Waals surface area contributed by atoms with Crippen molar-refractivity contribution in [2.45, 2.75) is 80.1 Å². The van der Waals surface area contributed by atoms with Gasteiger partial charge in [0.15, 0.2) is 0 Å². The van der Waals surface area contributed by atoms with Crippen molar-refractivity contribution in [1.29, 1.82) is 0 Å². The van der Waals surface area contributed by atoms with Crippen LogP contribution in [0.25, 0.3) is 32.7 Å². The van der Waals surface area contributed by atoms with Crippen LogP contribution in [0.3, 0.4) is 0 Å². The maximum atomic E-state index is 3.26. The molecule has 1 unspecified atom stereocenters. The van der Waals surface area contributed by atoms with Crippen molar-refractivity contribution < 1.29 is 24.2 Å². The summed E-state index contributed by atoms with van der Waals surface area (Å²) in [4.78, 5) is 0. The van der Waals surface area contributed by atoms with Gasteiger partial charge in [-0.05, 0) is 10.8 Å². The van der Waals surface area contributed by atoms with Crippen LogP contribution in [-0.4, -0.2) is 3.21 Å². The molecular formula is C44H48Zr. The van der Waals surface area contributed by atoms with E-state index in [0.29, 0.717) is 11.3 Å². The van der Waals surface area contributed by atoms with E-state index in [2.05, 4.69) is 178 Å². The van der Waals surface area contributed by atoms with E-state index >= 15 is 0 Å². The third-order valence-electron chi connectivity index (χ3n) is 8.92. The Morgan fingerprint density at radius 3 is 1.33 bits per heavy atom. The van der Waals surface area contributed by atoms with Gasteiger partial charge in [-0.1, -0.05) is 116 Å². The molecule has 0 bridgehead atoms. The molecule has 0 aromatic heterocycles. The summed E-state index contributed by atoms with van der Waals surface area (Å²) in [6.07, 6.45) is 7.65. The first-order valence-electron chi connectivity index (χ1n) is 16.3. The summed E-state index contributed by atoms with van der Waals surface area (Å²) in [7, 11) is 0. The van der Waals surface area contributed by atoms with Gasteiger partial charge < -0.3 is 0 Å². The van der Waals surface area contributed by atoms with Crippen molar-refractivity contribution in [3.05, 3.63) is 137 Å². The van der Waals surface area contributed by atoms with Crippen LogP contribution in [-0.2, 0) is 35.1 Å². The van der Waals surface area contributed by atoms with E-state index in [-0.39, 0.29) is 10.8 Å². The molecule has 1 atom stereocenters. The van der Waals surface area contributed by atoms with Crippen LogP contribution < -0.4 is 0 Å². The maximum absolute atomic E-state index is 3.26. The van der Waals surface area contributed by atoms with Crippen molar-refractivity contribution in [1.82, 2.24) is 0 Å². The van der Waals surface area contributed by atoms with Crippen molar-refractivity contribution in [3.8, 4) is 11.1 Å². The molecule has 0 fully saturated rings. The zero-order valence-electron chi connectivity index (χ0n) is 28.9. The third-order valence-corrected chi connectivity index (χ3v) is 10.2. The van der Waals surface area contributed by atoms with Crippen LogP contribution in [0.4, 0.5) is 0 Å². The predicted octanol–water partition coefficient (Wildman–Crippen LogP) is 12.1. The number of fused-ring (bicyclic) bond motifs is 6. The van der Waals surface area contributed by atoms with Gasteiger partial charge in [-0.15, -0.1) is 39.7 Å². The first-order valence-corrected chi connectivity index (χ1v) is 17.5. The van der Waals surface area contributed by atoms with Crippen molar-refractivity contribution >= 4 is 24.8 Å². The number of benzene rings is 4. The first kappa shape index (κ1) is 33.3. The van der Waals surface area contributed by atoms with Crippen LogP contribution in [0, 0.1) is 17.4 Å². The van der Waals surface area contributed by atoms with E-state index in [4.69, 9.17) is 0 Å². The SMILES string of the molecule is CC(C)(C)c1ccc2[cH-]c3ccc(C(C)(C)C)cc3c2c1.CC1[C-]=CC(C(C)(C)C)=C1.[Zr+2]=[C]1c2ccccc2-c2ccccc21. The standard InChI is InChI=1S/C21H25.C13H8.C10H15.Zr/c1-20(2,3)16-9-7-14-11-15-8-10-17(21(4,5)6)13-19(15)18(14)12-16;1-3-7-12-10(5-1)9-11-6-2-4-8-13(11)12;1-8-5-6-9(7-8)10(2,3)4;/h7-13H,1-6H3;1-8H;6-8H,1-4H3;/q-1;;-1;+2. The molecule has 5 aromatic rings. The molecule has 0 heterocycles. The molecule has 228 valence electrons. The van der Waals surface area contributed by atoms with Crippen molar-refractivity contribution in [3.63, 3.8) is 0 Å². The molecule has 0 spiro atoms. The molecule has 45 heavy (non-hydrogen) atoms. The molecule has 0 saturated carbocycles. The van der Waals surface area contributed by atoms with Crippen molar-refractivity contribution in [2.24, 2.45) is 11.3 Å². The number of rotatable bonds is 0. The molecule has 0 nitrogen and oxygen atoms in total. The van der Waals surface area contributed by atoms with Crippen LogP contribution in [0.1, 0.15) is 91.5 Å².